The lowest BCUT2D eigenvalue weighted by Crippen LogP contribution is -2.49. The van der Waals surface area contributed by atoms with Gasteiger partial charge in [-0.2, -0.15) is 0 Å². The molecular formula is C21H31N3O3. The second-order valence-corrected chi connectivity index (χ2v) is 8.22. The van der Waals surface area contributed by atoms with Gasteiger partial charge in [0.25, 0.3) is 5.91 Å². The summed E-state index contributed by atoms with van der Waals surface area (Å²) in [7, 11) is 0. The zero-order valence-corrected chi connectivity index (χ0v) is 16.7. The van der Waals surface area contributed by atoms with E-state index in [1.54, 1.807) is 45.9 Å². The number of rotatable bonds is 3. The third kappa shape index (κ3) is 6.10. The first-order chi connectivity index (χ1) is 12.6. The third-order valence-electron chi connectivity index (χ3n) is 4.57. The molecule has 2 amide bonds. The van der Waals surface area contributed by atoms with Gasteiger partial charge in [0.2, 0.25) is 0 Å². The topological polar surface area (TPSA) is 98.7 Å². The molecule has 1 saturated carbocycles. The number of carbonyl (C=O) groups excluding carboxylic acids is 2. The molecule has 0 saturated heterocycles. The van der Waals surface area contributed by atoms with Crippen molar-refractivity contribution in [2.24, 2.45) is 5.73 Å². The number of anilines is 1. The Hall–Kier alpha value is -2.34. The second-order valence-electron chi connectivity index (χ2n) is 8.22. The van der Waals surface area contributed by atoms with E-state index in [2.05, 4.69) is 0 Å². The number of benzene rings is 1. The number of ether oxygens (including phenoxy) is 1. The summed E-state index contributed by atoms with van der Waals surface area (Å²) in [5, 5.41) is 0. The third-order valence-corrected chi connectivity index (χ3v) is 4.57. The molecule has 1 aromatic rings. The van der Waals surface area contributed by atoms with Gasteiger partial charge in [0.1, 0.15) is 5.60 Å². The van der Waals surface area contributed by atoms with Crippen molar-refractivity contribution < 1.29 is 14.3 Å². The molecule has 0 bridgehead atoms. The van der Waals surface area contributed by atoms with E-state index in [1.807, 2.05) is 12.1 Å². The van der Waals surface area contributed by atoms with Crippen molar-refractivity contribution in [1.29, 1.82) is 0 Å². The van der Waals surface area contributed by atoms with Gasteiger partial charge in [-0.3, -0.25) is 4.79 Å². The van der Waals surface area contributed by atoms with Crippen LogP contribution in [0.15, 0.2) is 29.8 Å². The van der Waals surface area contributed by atoms with Crippen LogP contribution >= 0.6 is 0 Å². The van der Waals surface area contributed by atoms with Crippen LogP contribution in [0.5, 0.6) is 0 Å². The molecule has 27 heavy (non-hydrogen) atoms. The van der Waals surface area contributed by atoms with Gasteiger partial charge < -0.3 is 16.2 Å². The highest BCUT2D eigenvalue weighted by molar-refractivity contribution is 6.05. The van der Waals surface area contributed by atoms with E-state index in [4.69, 9.17) is 16.2 Å². The molecule has 6 nitrogen and oxygen atoms in total. The fraction of sp³-hybridized carbons (Fsp3) is 0.524. The zero-order chi connectivity index (χ0) is 20.2. The van der Waals surface area contributed by atoms with Crippen molar-refractivity contribution in [3.63, 3.8) is 0 Å². The summed E-state index contributed by atoms with van der Waals surface area (Å²) in [6.07, 6.45) is 4.13. The molecule has 4 N–H and O–H groups in total. The summed E-state index contributed by atoms with van der Waals surface area (Å²) in [6.45, 7) is 7.09. The highest BCUT2D eigenvalue weighted by Crippen LogP contribution is 2.26. The predicted octanol–water partition coefficient (Wildman–Crippen LogP) is 3.71. The Morgan fingerprint density at radius 1 is 1.11 bits per heavy atom. The van der Waals surface area contributed by atoms with Crippen molar-refractivity contribution in [2.45, 2.75) is 71.1 Å². The van der Waals surface area contributed by atoms with Crippen molar-refractivity contribution in [2.75, 3.05) is 5.73 Å². The highest BCUT2D eigenvalue weighted by Gasteiger charge is 2.35. The monoisotopic (exact) mass is 373 g/mol. The van der Waals surface area contributed by atoms with E-state index in [0.29, 0.717) is 24.1 Å². The van der Waals surface area contributed by atoms with Crippen molar-refractivity contribution >= 4 is 23.8 Å². The minimum Gasteiger partial charge on any atom is -0.443 e. The fourth-order valence-electron chi connectivity index (χ4n) is 3.16. The summed E-state index contributed by atoms with van der Waals surface area (Å²) in [6, 6.07) is 7.16. The van der Waals surface area contributed by atoms with Gasteiger partial charge in [0, 0.05) is 23.3 Å². The average Bonchev–Trinajstić information content (AvgIpc) is 2.57. The summed E-state index contributed by atoms with van der Waals surface area (Å²) in [5.74, 6) is -0.332. The molecule has 1 aromatic carbocycles. The lowest BCUT2D eigenvalue weighted by atomic mass is 9.90. The predicted molar refractivity (Wildman–Crippen MR) is 108 cm³/mol. The van der Waals surface area contributed by atoms with E-state index in [9.17, 15) is 9.59 Å². The van der Waals surface area contributed by atoms with E-state index in [0.717, 1.165) is 18.4 Å². The van der Waals surface area contributed by atoms with Crippen molar-refractivity contribution in [3.05, 3.63) is 35.4 Å². The van der Waals surface area contributed by atoms with Crippen LogP contribution in [0.1, 0.15) is 58.9 Å². The average molecular weight is 373 g/mol. The van der Waals surface area contributed by atoms with Gasteiger partial charge in [-0.15, -0.1) is 0 Å². The fourth-order valence-corrected chi connectivity index (χ4v) is 3.16. The largest absolute Gasteiger partial charge is 0.443 e. The van der Waals surface area contributed by atoms with Gasteiger partial charge in [0.15, 0.2) is 0 Å². The number of hydrogen-bond donors (Lipinski definition) is 2. The summed E-state index contributed by atoms with van der Waals surface area (Å²) < 4.78 is 5.51. The maximum atomic E-state index is 13.1. The van der Waals surface area contributed by atoms with Gasteiger partial charge >= 0.3 is 6.09 Å². The Morgan fingerprint density at radius 3 is 2.19 bits per heavy atom. The van der Waals surface area contributed by atoms with Crippen LogP contribution in [0.2, 0.25) is 0 Å². The Morgan fingerprint density at radius 2 is 1.67 bits per heavy atom. The molecule has 1 fully saturated rings. The van der Waals surface area contributed by atoms with Crippen molar-refractivity contribution in [3.8, 4) is 0 Å². The number of carbonyl (C=O) groups is 2. The van der Waals surface area contributed by atoms with Gasteiger partial charge in [-0.1, -0.05) is 12.1 Å². The standard InChI is InChI=1S/C21H31N3O3/c1-14(13-15-5-7-16(22)8-6-15)19(25)24(20(26)27-21(2,3)4)18-11-9-17(23)10-12-18/h5-8,13,17-18H,9-12,22-23H2,1-4H3/b14-13+. The maximum absolute atomic E-state index is 13.1. The van der Waals surface area contributed by atoms with Crippen LogP contribution in [0.3, 0.4) is 0 Å². The molecule has 6 heteroatoms. The minimum atomic E-state index is -0.671. The van der Waals surface area contributed by atoms with Crippen LogP contribution < -0.4 is 11.5 Å². The molecule has 0 unspecified atom stereocenters. The van der Waals surface area contributed by atoms with Gasteiger partial charge in [0.05, 0.1) is 0 Å². The van der Waals surface area contributed by atoms with E-state index < -0.39 is 11.7 Å². The van der Waals surface area contributed by atoms with Crippen LogP contribution in [0.4, 0.5) is 10.5 Å². The lowest BCUT2D eigenvalue weighted by Gasteiger charge is -2.35. The van der Waals surface area contributed by atoms with E-state index in [-0.39, 0.29) is 18.0 Å². The Bertz CT molecular complexity index is 696. The van der Waals surface area contributed by atoms with Crippen LogP contribution in [0.25, 0.3) is 6.08 Å². The number of imide groups is 1. The highest BCUT2D eigenvalue weighted by atomic mass is 16.6. The first-order valence-electron chi connectivity index (χ1n) is 9.43. The van der Waals surface area contributed by atoms with Crippen LogP contribution in [-0.2, 0) is 9.53 Å². The molecule has 0 radical (unpaired) electrons. The zero-order valence-electron chi connectivity index (χ0n) is 16.7. The van der Waals surface area contributed by atoms with Gasteiger partial charge in [-0.25, -0.2) is 9.69 Å². The first-order valence-corrected chi connectivity index (χ1v) is 9.43. The molecule has 0 heterocycles. The van der Waals surface area contributed by atoms with E-state index in [1.165, 1.54) is 4.90 Å². The minimum absolute atomic E-state index is 0.128. The smallest absolute Gasteiger partial charge is 0.417 e. The number of nitrogens with zero attached hydrogens (tertiary/aromatic N) is 1. The van der Waals surface area contributed by atoms with E-state index >= 15 is 0 Å². The molecule has 1 aliphatic rings. The quantitative estimate of drug-likeness (QED) is 0.622. The molecule has 148 valence electrons. The maximum Gasteiger partial charge on any atom is 0.417 e. The molecule has 2 rings (SSSR count). The summed E-state index contributed by atoms with van der Waals surface area (Å²) in [4.78, 5) is 27.2. The van der Waals surface area contributed by atoms with Crippen molar-refractivity contribution in [1.82, 2.24) is 4.90 Å². The number of amides is 2. The normalized spacial score (nSPS) is 20.9. The molecule has 0 aromatic heterocycles. The SMILES string of the molecule is C/C(=C\c1ccc(N)cc1)C(=O)N(C(=O)OC(C)(C)C)C1CCC(N)CC1. The Kier molecular flexibility index (Phi) is 6.65. The molecular weight excluding hydrogens is 342 g/mol. The second kappa shape index (κ2) is 8.57. The summed E-state index contributed by atoms with van der Waals surface area (Å²) in [5.41, 5.74) is 13.0. The molecule has 0 spiro atoms. The number of hydrogen-bond acceptors (Lipinski definition) is 5. The molecule has 0 atom stereocenters. The lowest BCUT2D eigenvalue weighted by molar-refractivity contribution is -0.129. The Balaban J connectivity index is 2.26. The molecule has 0 aliphatic heterocycles. The van der Waals surface area contributed by atoms with Crippen LogP contribution in [-0.4, -0.2) is 34.6 Å². The number of nitrogen functional groups attached to an aromatic ring is 1. The number of nitrogens with two attached hydrogens (primary N) is 2. The van der Waals surface area contributed by atoms with Crippen LogP contribution in [0, 0.1) is 0 Å². The molecule has 1 aliphatic carbocycles. The summed E-state index contributed by atoms with van der Waals surface area (Å²) >= 11 is 0. The Labute approximate surface area is 161 Å². The van der Waals surface area contributed by atoms with Gasteiger partial charge in [-0.05, 0) is 77.2 Å². The first kappa shape index (κ1) is 21.0.